The Hall–Kier alpha value is 0.830. The summed E-state index contributed by atoms with van der Waals surface area (Å²) >= 11 is 0. The number of hydrogen-bond donors (Lipinski definition) is 0. The van der Waals surface area contributed by atoms with Crippen molar-refractivity contribution in [2.75, 3.05) is 0 Å². The average Bonchev–Trinajstić information content (AvgIpc) is 2.09. The Balaban J connectivity index is -0.0000000942. The first-order valence-corrected chi connectivity index (χ1v) is 3.95. The van der Waals surface area contributed by atoms with Gasteiger partial charge in [0.05, 0.1) is 0 Å². The zero-order valence-corrected chi connectivity index (χ0v) is 16.4. The van der Waals surface area contributed by atoms with E-state index in [1.807, 2.05) is 32.0 Å². The Bertz CT molecular complexity index is 199. The number of hydrogen-bond acceptors (Lipinski definition) is 0. The molecule has 0 aliphatic rings. The molecule has 0 saturated carbocycles. The maximum Gasteiger partial charge on any atom is 3.00 e. The first-order valence-electron chi connectivity index (χ1n) is 3.95. The minimum absolute atomic E-state index is 0. The van der Waals surface area contributed by atoms with Gasteiger partial charge in [0.2, 0.25) is 0 Å². The van der Waals surface area contributed by atoms with E-state index in [0.717, 1.165) is 12.0 Å². The van der Waals surface area contributed by atoms with Crippen LogP contribution >= 0.6 is 0 Å². The summed E-state index contributed by atoms with van der Waals surface area (Å²) in [5, 5.41) is 0. The average molecular weight is 584 g/mol. The number of rotatable bonds is 1. The van der Waals surface area contributed by atoms with Gasteiger partial charge >= 0.3 is 31.1 Å². The smallest absolute Gasteiger partial charge is 0.358 e. The molecule has 0 nitrogen and oxygen atoms in total. The molecule has 0 bridgehead atoms. The van der Waals surface area contributed by atoms with Crippen molar-refractivity contribution in [1.82, 2.24) is 0 Å². The molecule has 0 fully saturated rings. The molecule has 2 heteroatoms. The monoisotopic (exact) mass is 584 g/mol. The SMILES string of the molecule is CC.[CH2-]Cc1c[c-]ccc1[CH2-].[CH3-].[U+3].[W]. The normalized spacial score (nSPS) is 6.50. The molecule has 0 heterocycles. The zero-order valence-electron chi connectivity index (χ0n) is 9.26. The molecule has 0 aliphatic carbocycles. The van der Waals surface area contributed by atoms with Crippen LogP contribution in [0.3, 0.4) is 0 Å². The molecule has 0 aliphatic heterocycles. The van der Waals surface area contributed by atoms with Crippen LogP contribution in [0.2, 0.25) is 0 Å². The van der Waals surface area contributed by atoms with Gasteiger partial charge in [-0.25, -0.2) is 6.42 Å². The van der Waals surface area contributed by atoms with Gasteiger partial charge in [0.1, 0.15) is 0 Å². The third kappa shape index (κ3) is 9.39. The molecule has 1 radical (unpaired) electrons. The van der Waals surface area contributed by atoms with Gasteiger partial charge in [-0.2, -0.15) is 42.3 Å². The molecule has 14 heavy (non-hydrogen) atoms. The van der Waals surface area contributed by atoms with E-state index in [0.29, 0.717) is 0 Å². The van der Waals surface area contributed by atoms with Gasteiger partial charge in [-0.3, -0.25) is 0 Å². The molecular formula is C12H18UW-. The summed E-state index contributed by atoms with van der Waals surface area (Å²) in [6, 6.07) is 8.71. The quantitative estimate of drug-likeness (QED) is 0.444. The second-order valence-electron chi connectivity index (χ2n) is 1.94. The van der Waals surface area contributed by atoms with Crippen molar-refractivity contribution in [1.29, 1.82) is 0 Å². The van der Waals surface area contributed by atoms with Crippen LogP contribution in [-0.4, -0.2) is 0 Å². The minimum atomic E-state index is 0. The summed E-state index contributed by atoms with van der Waals surface area (Å²) in [7, 11) is 0. The molecule has 0 saturated heterocycles. The Morgan fingerprint density at radius 1 is 1.36 bits per heavy atom. The number of benzene rings is 1. The first kappa shape index (κ1) is 24.2. The topological polar surface area (TPSA) is 0 Å². The molecule has 1 aromatic carbocycles. The molecule has 0 spiro atoms. The molecule has 1 aromatic rings. The maximum absolute atomic E-state index is 3.83. The third-order valence-electron chi connectivity index (χ3n) is 1.32. The molecular weight excluding hydrogens is 566 g/mol. The molecule has 0 unspecified atom stereocenters. The second kappa shape index (κ2) is 16.3. The van der Waals surface area contributed by atoms with Crippen LogP contribution in [0.15, 0.2) is 18.2 Å². The van der Waals surface area contributed by atoms with Crippen LogP contribution in [0.1, 0.15) is 25.0 Å². The maximum atomic E-state index is 3.83. The van der Waals surface area contributed by atoms with Crippen LogP contribution in [0.4, 0.5) is 0 Å². The Kier molecular flexibility index (Phi) is 28.1. The standard InChI is InChI=1S/C9H9.C2H6.CH3.U.W/c1-3-9-7-5-4-6-8(9)2;1-2;;;/h4,6-7H,1-3H2;1-2H3;1H3;;/q-3;;-1;+3;. The van der Waals surface area contributed by atoms with E-state index in [1.165, 1.54) is 5.56 Å². The molecule has 0 aromatic heterocycles. The van der Waals surface area contributed by atoms with Gasteiger partial charge in [-0.05, 0) is 0 Å². The van der Waals surface area contributed by atoms with Crippen LogP contribution in [0.25, 0.3) is 0 Å². The van der Waals surface area contributed by atoms with Gasteiger partial charge in [-0.1, -0.05) is 13.8 Å². The third-order valence-corrected chi connectivity index (χ3v) is 1.32. The van der Waals surface area contributed by atoms with Gasteiger partial charge in [-0.15, -0.1) is 0 Å². The predicted octanol–water partition coefficient (Wildman–Crippen LogP) is 3.52. The van der Waals surface area contributed by atoms with E-state index < -0.39 is 0 Å². The van der Waals surface area contributed by atoms with Crippen LogP contribution < -0.4 is 0 Å². The van der Waals surface area contributed by atoms with Crippen molar-refractivity contribution < 1.29 is 52.2 Å². The summed E-state index contributed by atoms with van der Waals surface area (Å²) in [6.07, 6.45) is 0.802. The van der Waals surface area contributed by atoms with E-state index in [4.69, 9.17) is 0 Å². The van der Waals surface area contributed by atoms with E-state index in [2.05, 4.69) is 19.9 Å². The molecule has 0 atom stereocenters. The Morgan fingerprint density at radius 3 is 2.14 bits per heavy atom. The van der Waals surface area contributed by atoms with Gasteiger partial charge in [0.25, 0.3) is 0 Å². The van der Waals surface area contributed by atoms with Gasteiger partial charge in [0.15, 0.2) is 0 Å². The van der Waals surface area contributed by atoms with Crippen LogP contribution in [-0.2, 0) is 27.5 Å². The molecule has 1 rings (SSSR count). The van der Waals surface area contributed by atoms with E-state index >= 15 is 0 Å². The predicted molar refractivity (Wildman–Crippen MR) is 56.6 cm³/mol. The molecule has 0 amide bonds. The van der Waals surface area contributed by atoms with Crippen LogP contribution in [0.5, 0.6) is 0 Å². The summed E-state index contributed by atoms with van der Waals surface area (Å²) in [6.45, 7) is 11.6. The Morgan fingerprint density at radius 2 is 1.86 bits per heavy atom. The minimum Gasteiger partial charge on any atom is -0.358 e. The summed E-state index contributed by atoms with van der Waals surface area (Å²) < 4.78 is 0. The molecule has 77 valence electrons. The van der Waals surface area contributed by atoms with Crippen molar-refractivity contribution in [2.45, 2.75) is 20.3 Å². The van der Waals surface area contributed by atoms with Crippen molar-refractivity contribution in [3.63, 3.8) is 0 Å². The Labute approximate surface area is 128 Å². The van der Waals surface area contributed by atoms with E-state index in [9.17, 15) is 0 Å². The van der Waals surface area contributed by atoms with Gasteiger partial charge in [0, 0.05) is 21.1 Å². The zero-order chi connectivity index (χ0) is 8.69. The van der Waals surface area contributed by atoms with E-state index in [-0.39, 0.29) is 59.6 Å². The summed E-state index contributed by atoms with van der Waals surface area (Å²) in [5.74, 6) is 0. The first-order chi connectivity index (χ1) is 5.34. The van der Waals surface area contributed by atoms with Crippen molar-refractivity contribution >= 4 is 0 Å². The fourth-order valence-corrected chi connectivity index (χ4v) is 0.730. The summed E-state index contributed by atoms with van der Waals surface area (Å²) in [4.78, 5) is 0. The second-order valence-corrected chi connectivity index (χ2v) is 1.94. The molecule has 0 N–H and O–H groups in total. The summed E-state index contributed by atoms with van der Waals surface area (Å²) in [5.41, 5.74) is 2.24. The largest absolute Gasteiger partial charge is 3.00 e. The van der Waals surface area contributed by atoms with Crippen molar-refractivity contribution in [3.05, 3.63) is 56.7 Å². The van der Waals surface area contributed by atoms with Crippen molar-refractivity contribution in [3.8, 4) is 0 Å². The van der Waals surface area contributed by atoms with Crippen LogP contribution in [0, 0.1) is 58.5 Å². The fraction of sp³-hybridized carbons (Fsp3) is 0.250. The fourth-order valence-electron chi connectivity index (χ4n) is 0.730. The van der Waals surface area contributed by atoms with Gasteiger partial charge < -0.3 is 14.4 Å². The van der Waals surface area contributed by atoms with Crippen molar-refractivity contribution in [2.24, 2.45) is 0 Å². The van der Waals surface area contributed by atoms with E-state index in [1.54, 1.807) is 0 Å².